The first-order valence-electron chi connectivity index (χ1n) is 7.46. The largest absolute Gasteiger partial charge is 0.396 e. The number of hydrogen-bond acceptors (Lipinski definition) is 5. The minimum Gasteiger partial charge on any atom is -0.396 e. The van der Waals surface area contributed by atoms with Crippen LogP contribution in [0.4, 0.5) is 11.4 Å². The van der Waals surface area contributed by atoms with Gasteiger partial charge in [0, 0.05) is 49.6 Å². The fourth-order valence-corrected chi connectivity index (χ4v) is 2.77. The maximum absolute atomic E-state index is 10.7. The zero-order valence-electron chi connectivity index (χ0n) is 12.4. The van der Waals surface area contributed by atoms with Gasteiger partial charge in [-0.25, -0.2) is 0 Å². The first-order valence-corrected chi connectivity index (χ1v) is 7.46. The predicted molar refractivity (Wildman–Crippen MR) is 82.6 cm³/mol. The zero-order chi connectivity index (χ0) is 15.2. The molecular weight excluding hydrogens is 270 g/mol. The van der Waals surface area contributed by atoms with E-state index in [0.717, 1.165) is 38.0 Å². The van der Waals surface area contributed by atoms with Crippen LogP contribution in [0, 0.1) is 10.1 Å². The number of nitro groups is 1. The fourth-order valence-electron chi connectivity index (χ4n) is 2.77. The Bertz CT molecular complexity index is 456. The lowest BCUT2D eigenvalue weighted by Gasteiger charge is -2.35. The number of rotatable bonds is 6. The second kappa shape index (κ2) is 7.38. The van der Waals surface area contributed by atoms with Crippen molar-refractivity contribution in [2.24, 2.45) is 0 Å². The van der Waals surface area contributed by atoms with Crippen molar-refractivity contribution in [3.63, 3.8) is 0 Å². The van der Waals surface area contributed by atoms with Gasteiger partial charge >= 0.3 is 0 Å². The van der Waals surface area contributed by atoms with Crippen LogP contribution in [0.3, 0.4) is 0 Å². The van der Waals surface area contributed by atoms with Gasteiger partial charge in [0.2, 0.25) is 0 Å². The van der Waals surface area contributed by atoms with Crippen molar-refractivity contribution < 1.29 is 10.0 Å². The van der Waals surface area contributed by atoms with Gasteiger partial charge in [-0.1, -0.05) is 0 Å². The van der Waals surface area contributed by atoms with E-state index < -0.39 is 0 Å². The van der Waals surface area contributed by atoms with Crippen molar-refractivity contribution >= 4 is 11.4 Å². The number of aliphatic hydroxyl groups excluding tert-OH is 1. The van der Waals surface area contributed by atoms with E-state index in [1.54, 1.807) is 12.1 Å². The molecule has 1 fully saturated rings. The molecule has 1 heterocycles. The van der Waals surface area contributed by atoms with Gasteiger partial charge in [-0.3, -0.25) is 10.1 Å². The van der Waals surface area contributed by atoms with E-state index >= 15 is 0 Å². The van der Waals surface area contributed by atoms with Crippen LogP contribution < -0.4 is 10.2 Å². The van der Waals surface area contributed by atoms with E-state index in [2.05, 4.69) is 17.1 Å². The van der Waals surface area contributed by atoms with E-state index in [-0.39, 0.29) is 17.2 Å². The number of anilines is 1. The van der Waals surface area contributed by atoms with Gasteiger partial charge in [0.15, 0.2) is 0 Å². The van der Waals surface area contributed by atoms with Gasteiger partial charge in [-0.2, -0.15) is 0 Å². The van der Waals surface area contributed by atoms with E-state index in [0.29, 0.717) is 12.1 Å². The molecule has 0 bridgehead atoms. The quantitative estimate of drug-likeness (QED) is 0.619. The van der Waals surface area contributed by atoms with Crippen molar-refractivity contribution in [2.75, 3.05) is 24.6 Å². The summed E-state index contributed by atoms with van der Waals surface area (Å²) in [6.07, 6.45) is 2.88. The lowest BCUT2D eigenvalue weighted by molar-refractivity contribution is -0.384. The highest BCUT2D eigenvalue weighted by Gasteiger charge is 2.20. The molecule has 0 saturated carbocycles. The topological polar surface area (TPSA) is 78.6 Å². The molecule has 6 nitrogen and oxygen atoms in total. The lowest BCUT2D eigenvalue weighted by atomic mass is 10.0. The molecule has 116 valence electrons. The summed E-state index contributed by atoms with van der Waals surface area (Å²) in [5.41, 5.74) is 1.18. The van der Waals surface area contributed by atoms with E-state index in [4.69, 9.17) is 5.11 Å². The van der Waals surface area contributed by atoms with E-state index in [9.17, 15) is 10.1 Å². The summed E-state index contributed by atoms with van der Waals surface area (Å²) in [7, 11) is 0. The molecule has 0 aromatic heterocycles. The number of nitrogens with zero attached hydrogens (tertiary/aromatic N) is 2. The minimum absolute atomic E-state index is 0.133. The van der Waals surface area contributed by atoms with Crippen LogP contribution in [-0.2, 0) is 0 Å². The van der Waals surface area contributed by atoms with Crippen molar-refractivity contribution in [1.29, 1.82) is 0 Å². The van der Waals surface area contributed by atoms with Gasteiger partial charge < -0.3 is 15.3 Å². The summed E-state index contributed by atoms with van der Waals surface area (Å²) >= 11 is 0. The van der Waals surface area contributed by atoms with Gasteiger partial charge in [-0.05, 0) is 38.3 Å². The Morgan fingerprint density at radius 1 is 1.38 bits per heavy atom. The number of piperidine rings is 1. The maximum Gasteiger partial charge on any atom is 0.269 e. The molecule has 0 aliphatic carbocycles. The summed E-state index contributed by atoms with van der Waals surface area (Å²) in [5.74, 6) is 0. The van der Waals surface area contributed by atoms with Crippen LogP contribution in [0.1, 0.15) is 26.2 Å². The van der Waals surface area contributed by atoms with Gasteiger partial charge in [0.1, 0.15) is 0 Å². The Morgan fingerprint density at radius 3 is 2.52 bits per heavy atom. The summed E-state index contributed by atoms with van der Waals surface area (Å²) in [4.78, 5) is 12.5. The first-order chi connectivity index (χ1) is 10.1. The second-order valence-electron chi connectivity index (χ2n) is 5.61. The Labute approximate surface area is 124 Å². The van der Waals surface area contributed by atoms with Crippen LogP contribution in [0.25, 0.3) is 0 Å². The summed E-state index contributed by atoms with van der Waals surface area (Å²) in [6.45, 7) is 4.21. The van der Waals surface area contributed by atoms with E-state index in [1.807, 2.05) is 12.1 Å². The van der Waals surface area contributed by atoms with Crippen LogP contribution in [0.2, 0.25) is 0 Å². The molecule has 2 N–H and O–H groups in total. The molecule has 1 saturated heterocycles. The Balaban J connectivity index is 1.84. The second-order valence-corrected chi connectivity index (χ2v) is 5.61. The third kappa shape index (κ3) is 4.41. The summed E-state index contributed by atoms with van der Waals surface area (Å²) < 4.78 is 0. The minimum atomic E-state index is -0.373. The fraction of sp³-hybridized carbons (Fsp3) is 0.600. The standard InChI is InChI=1S/C15H23N3O3/c1-12(8-11-19)16-13-6-9-17(10-7-13)14-2-4-15(5-3-14)18(20)21/h2-5,12-13,16,19H,6-11H2,1H3/t12-/m1/s1. The lowest BCUT2D eigenvalue weighted by Crippen LogP contribution is -2.45. The Hall–Kier alpha value is -1.66. The molecule has 2 rings (SSSR count). The van der Waals surface area contributed by atoms with Gasteiger partial charge in [0.25, 0.3) is 5.69 Å². The SMILES string of the molecule is C[C@H](CCO)NC1CCN(c2ccc([N+](=O)[O-])cc2)CC1. The van der Waals surface area contributed by atoms with Crippen LogP contribution in [0.5, 0.6) is 0 Å². The van der Waals surface area contributed by atoms with Crippen molar-refractivity contribution in [3.8, 4) is 0 Å². The highest BCUT2D eigenvalue weighted by Crippen LogP contribution is 2.23. The molecule has 6 heteroatoms. The highest BCUT2D eigenvalue weighted by molar-refractivity contribution is 5.51. The van der Waals surface area contributed by atoms with Gasteiger partial charge in [-0.15, -0.1) is 0 Å². The number of benzene rings is 1. The normalized spacial score (nSPS) is 17.7. The number of hydrogen-bond donors (Lipinski definition) is 2. The number of aliphatic hydroxyl groups is 1. The summed E-state index contributed by atoms with van der Waals surface area (Å²) in [5, 5.41) is 23.1. The highest BCUT2D eigenvalue weighted by atomic mass is 16.6. The maximum atomic E-state index is 10.7. The van der Waals surface area contributed by atoms with Crippen LogP contribution in [-0.4, -0.2) is 41.8 Å². The smallest absolute Gasteiger partial charge is 0.269 e. The molecule has 0 radical (unpaired) electrons. The molecular formula is C15H23N3O3. The molecule has 0 unspecified atom stereocenters. The molecule has 1 atom stereocenters. The predicted octanol–water partition coefficient (Wildman–Crippen LogP) is 1.92. The monoisotopic (exact) mass is 293 g/mol. The molecule has 1 aromatic carbocycles. The third-order valence-corrected chi connectivity index (χ3v) is 4.00. The molecule has 1 aromatic rings. The zero-order valence-corrected chi connectivity index (χ0v) is 12.4. The molecule has 0 spiro atoms. The van der Waals surface area contributed by atoms with Crippen molar-refractivity contribution in [1.82, 2.24) is 5.32 Å². The van der Waals surface area contributed by atoms with Crippen LogP contribution in [0.15, 0.2) is 24.3 Å². The van der Waals surface area contributed by atoms with Gasteiger partial charge in [0.05, 0.1) is 4.92 Å². The average Bonchev–Trinajstić information content (AvgIpc) is 2.48. The third-order valence-electron chi connectivity index (χ3n) is 4.00. The number of non-ortho nitro benzene ring substituents is 1. The average molecular weight is 293 g/mol. The first kappa shape index (κ1) is 15.7. The Morgan fingerprint density at radius 2 is 2.00 bits per heavy atom. The van der Waals surface area contributed by atoms with Crippen molar-refractivity contribution in [3.05, 3.63) is 34.4 Å². The summed E-state index contributed by atoms with van der Waals surface area (Å²) in [6, 6.07) is 7.58. The molecule has 0 amide bonds. The van der Waals surface area contributed by atoms with Crippen LogP contribution >= 0.6 is 0 Å². The molecule has 1 aliphatic heterocycles. The van der Waals surface area contributed by atoms with E-state index in [1.165, 1.54) is 0 Å². The number of nitro benzene ring substituents is 1. The molecule has 1 aliphatic rings. The van der Waals surface area contributed by atoms with Crippen molar-refractivity contribution in [2.45, 2.75) is 38.3 Å². The Kier molecular flexibility index (Phi) is 5.52. The molecule has 21 heavy (non-hydrogen) atoms. The number of nitrogens with one attached hydrogen (secondary N) is 1.